The summed E-state index contributed by atoms with van der Waals surface area (Å²) in [4.78, 5) is 0. The minimum Gasteiger partial charge on any atom is -0.347 e. The molecule has 0 unspecified atom stereocenters. The van der Waals surface area contributed by atoms with Gasteiger partial charge in [0.25, 0.3) is 0 Å². The van der Waals surface area contributed by atoms with E-state index in [9.17, 15) is 0 Å². The summed E-state index contributed by atoms with van der Waals surface area (Å²) in [6, 6.07) is 12.9. The average Bonchev–Trinajstić information content (AvgIpc) is 3.08. The highest BCUT2D eigenvalue weighted by molar-refractivity contribution is 7.07. The minimum absolute atomic E-state index is 0.982. The Morgan fingerprint density at radius 1 is 1.11 bits per heavy atom. The van der Waals surface area contributed by atoms with Crippen molar-refractivity contribution in [2.75, 3.05) is 6.54 Å². The average molecular weight is 270 g/mol. The lowest BCUT2D eigenvalue weighted by Gasteiger charge is -2.06. The lowest BCUT2D eigenvalue weighted by molar-refractivity contribution is 0.591. The fourth-order valence-corrected chi connectivity index (χ4v) is 3.00. The van der Waals surface area contributed by atoms with Crippen LogP contribution in [-0.4, -0.2) is 11.1 Å². The van der Waals surface area contributed by atoms with Gasteiger partial charge in [-0.2, -0.15) is 11.3 Å². The largest absolute Gasteiger partial charge is 0.347 e. The third-order valence-corrected chi connectivity index (χ3v) is 4.07. The van der Waals surface area contributed by atoms with Gasteiger partial charge in [-0.05, 0) is 52.9 Å². The molecule has 0 radical (unpaired) electrons. The van der Waals surface area contributed by atoms with Crippen molar-refractivity contribution < 1.29 is 0 Å². The highest BCUT2D eigenvalue weighted by Crippen LogP contribution is 2.15. The Bertz CT molecular complexity index is 625. The van der Waals surface area contributed by atoms with Crippen LogP contribution >= 0.6 is 11.3 Å². The Morgan fingerprint density at radius 3 is 2.95 bits per heavy atom. The molecule has 0 atom stereocenters. The van der Waals surface area contributed by atoms with Crippen molar-refractivity contribution in [2.24, 2.45) is 0 Å². The van der Waals surface area contributed by atoms with Gasteiger partial charge >= 0.3 is 0 Å². The first-order valence-corrected chi connectivity index (χ1v) is 7.63. The number of nitrogens with zero attached hydrogens (tertiary/aromatic N) is 1. The van der Waals surface area contributed by atoms with E-state index < -0.39 is 0 Å². The van der Waals surface area contributed by atoms with Gasteiger partial charge in [-0.3, -0.25) is 0 Å². The summed E-state index contributed by atoms with van der Waals surface area (Å²) < 4.78 is 2.33. The van der Waals surface area contributed by atoms with E-state index in [0.29, 0.717) is 0 Å². The van der Waals surface area contributed by atoms with E-state index >= 15 is 0 Å². The lowest BCUT2D eigenvalue weighted by atomic mass is 10.2. The van der Waals surface area contributed by atoms with Gasteiger partial charge in [0.2, 0.25) is 0 Å². The molecule has 2 nitrogen and oxygen atoms in total. The Kier molecular flexibility index (Phi) is 3.96. The summed E-state index contributed by atoms with van der Waals surface area (Å²) in [7, 11) is 0. The zero-order chi connectivity index (χ0) is 12.9. The van der Waals surface area contributed by atoms with E-state index in [1.807, 2.05) is 0 Å². The van der Waals surface area contributed by atoms with Crippen LogP contribution in [-0.2, 0) is 13.1 Å². The Labute approximate surface area is 117 Å². The molecule has 0 aliphatic heterocycles. The van der Waals surface area contributed by atoms with Gasteiger partial charge in [0.15, 0.2) is 0 Å². The topological polar surface area (TPSA) is 17.0 Å². The predicted octanol–water partition coefficient (Wildman–Crippen LogP) is 3.88. The van der Waals surface area contributed by atoms with Crippen molar-refractivity contribution in [1.82, 2.24) is 9.88 Å². The first-order valence-electron chi connectivity index (χ1n) is 6.69. The molecule has 3 aromatic rings. The molecule has 0 spiro atoms. The Hall–Kier alpha value is -1.58. The monoisotopic (exact) mass is 270 g/mol. The fourth-order valence-electron chi connectivity index (χ4n) is 2.34. The van der Waals surface area contributed by atoms with Gasteiger partial charge in [0.05, 0.1) is 0 Å². The number of hydrogen-bond donors (Lipinski definition) is 1. The summed E-state index contributed by atoms with van der Waals surface area (Å²) in [5.41, 5.74) is 2.72. The molecular weight excluding hydrogens is 252 g/mol. The number of hydrogen-bond acceptors (Lipinski definition) is 2. The van der Waals surface area contributed by atoms with E-state index in [0.717, 1.165) is 26.1 Å². The van der Waals surface area contributed by atoms with Crippen LogP contribution < -0.4 is 5.32 Å². The van der Waals surface area contributed by atoms with Crippen molar-refractivity contribution in [3.05, 3.63) is 58.9 Å². The van der Waals surface area contributed by atoms with Crippen LogP contribution in [0.3, 0.4) is 0 Å². The number of aryl methyl sites for hydroxylation is 1. The zero-order valence-corrected chi connectivity index (χ0v) is 11.7. The highest BCUT2D eigenvalue weighted by Gasteiger charge is 1.99. The van der Waals surface area contributed by atoms with E-state index in [2.05, 4.69) is 63.2 Å². The molecule has 0 aliphatic rings. The van der Waals surface area contributed by atoms with Crippen LogP contribution in [0.25, 0.3) is 10.9 Å². The number of rotatable bonds is 6. The second kappa shape index (κ2) is 6.04. The van der Waals surface area contributed by atoms with Crippen molar-refractivity contribution in [3.8, 4) is 0 Å². The maximum absolute atomic E-state index is 3.49. The van der Waals surface area contributed by atoms with Gasteiger partial charge < -0.3 is 9.88 Å². The Balaban J connectivity index is 1.47. The van der Waals surface area contributed by atoms with Gasteiger partial charge in [-0.15, -0.1) is 0 Å². The molecule has 3 heteroatoms. The fraction of sp³-hybridized carbons (Fsp3) is 0.250. The first kappa shape index (κ1) is 12.5. The molecule has 1 aromatic carbocycles. The second-order valence-corrected chi connectivity index (χ2v) is 5.51. The van der Waals surface area contributed by atoms with Crippen molar-refractivity contribution in [2.45, 2.75) is 19.5 Å². The number of fused-ring (bicyclic) bond motifs is 1. The molecular formula is C16H18N2S. The lowest BCUT2D eigenvalue weighted by Crippen LogP contribution is -2.15. The SMILES string of the molecule is c1ccc2c(c1)ccn2CCCNCc1ccsc1. The number of nitrogens with one attached hydrogen (secondary N) is 1. The van der Waals surface area contributed by atoms with Crippen molar-refractivity contribution in [1.29, 1.82) is 0 Å². The summed E-state index contributed by atoms with van der Waals surface area (Å²) in [5.74, 6) is 0. The normalized spacial score (nSPS) is 11.2. The summed E-state index contributed by atoms with van der Waals surface area (Å²) in [5, 5.41) is 9.15. The van der Waals surface area contributed by atoms with E-state index in [4.69, 9.17) is 0 Å². The molecule has 1 N–H and O–H groups in total. The molecule has 19 heavy (non-hydrogen) atoms. The molecule has 0 fully saturated rings. The molecule has 0 aliphatic carbocycles. The minimum atomic E-state index is 0.982. The zero-order valence-electron chi connectivity index (χ0n) is 10.9. The van der Waals surface area contributed by atoms with Gasteiger partial charge in [0.1, 0.15) is 0 Å². The molecule has 2 aromatic heterocycles. The van der Waals surface area contributed by atoms with Crippen LogP contribution in [0.4, 0.5) is 0 Å². The molecule has 0 saturated carbocycles. The van der Waals surface area contributed by atoms with Crippen LogP contribution in [0.1, 0.15) is 12.0 Å². The summed E-state index contributed by atoms with van der Waals surface area (Å²) >= 11 is 1.76. The summed E-state index contributed by atoms with van der Waals surface area (Å²) in [6.45, 7) is 3.11. The Morgan fingerprint density at radius 2 is 2.05 bits per heavy atom. The van der Waals surface area contributed by atoms with Gasteiger partial charge in [-0.1, -0.05) is 18.2 Å². The van der Waals surface area contributed by atoms with Crippen molar-refractivity contribution >= 4 is 22.2 Å². The predicted molar refractivity (Wildman–Crippen MR) is 82.6 cm³/mol. The third-order valence-electron chi connectivity index (χ3n) is 3.34. The molecule has 2 heterocycles. The molecule has 3 rings (SSSR count). The second-order valence-electron chi connectivity index (χ2n) is 4.73. The van der Waals surface area contributed by atoms with E-state index in [-0.39, 0.29) is 0 Å². The standard InChI is InChI=1S/C16H18N2S/c1-2-5-16-15(4-1)6-10-18(16)9-3-8-17-12-14-7-11-19-13-14/h1-2,4-7,10-11,13,17H,3,8-9,12H2. The van der Waals surface area contributed by atoms with E-state index in [1.54, 1.807) is 11.3 Å². The van der Waals surface area contributed by atoms with Crippen LogP contribution in [0, 0.1) is 0 Å². The number of thiophene rings is 1. The number of para-hydroxylation sites is 1. The van der Waals surface area contributed by atoms with Crippen LogP contribution in [0.5, 0.6) is 0 Å². The van der Waals surface area contributed by atoms with Crippen LogP contribution in [0.15, 0.2) is 53.4 Å². The van der Waals surface area contributed by atoms with E-state index in [1.165, 1.54) is 16.5 Å². The van der Waals surface area contributed by atoms with Crippen molar-refractivity contribution in [3.63, 3.8) is 0 Å². The highest BCUT2D eigenvalue weighted by atomic mass is 32.1. The molecule has 0 saturated heterocycles. The third kappa shape index (κ3) is 3.06. The molecule has 0 amide bonds. The number of benzene rings is 1. The smallest absolute Gasteiger partial charge is 0.0480 e. The van der Waals surface area contributed by atoms with Crippen LogP contribution in [0.2, 0.25) is 0 Å². The van der Waals surface area contributed by atoms with Gasteiger partial charge in [0, 0.05) is 24.8 Å². The summed E-state index contributed by atoms with van der Waals surface area (Å²) in [6.07, 6.45) is 3.34. The quantitative estimate of drug-likeness (QED) is 0.673. The molecule has 98 valence electrons. The first-order chi connectivity index (χ1) is 9.43. The maximum Gasteiger partial charge on any atom is 0.0480 e. The number of aromatic nitrogens is 1. The molecule has 0 bridgehead atoms. The maximum atomic E-state index is 3.49. The van der Waals surface area contributed by atoms with Gasteiger partial charge in [-0.25, -0.2) is 0 Å².